The minimum atomic E-state index is -1.79. The summed E-state index contributed by atoms with van der Waals surface area (Å²) in [5, 5.41) is 86.6. The zero-order chi connectivity index (χ0) is 54.6. The number of hydrogen-bond donors (Lipinski definition) is 9. The lowest BCUT2D eigenvalue weighted by Gasteiger charge is -2.46. The van der Waals surface area contributed by atoms with E-state index >= 15 is 0 Å². The van der Waals surface area contributed by atoms with Gasteiger partial charge in [-0.25, -0.2) is 0 Å². The Balaban J connectivity index is 1.63. The van der Waals surface area contributed by atoms with Crippen LogP contribution in [0.4, 0.5) is 0 Å². The lowest BCUT2D eigenvalue weighted by atomic mass is 9.97. The van der Waals surface area contributed by atoms with E-state index in [-0.39, 0.29) is 18.9 Å². The Hall–Kier alpha value is -3.35. The standard InChI is InChI=1S/C61H101NO13/c1-3-5-7-9-11-13-14-15-16-17-18-19-20-21-22-23-24-25-26-27-28-29-30-31-32-33-34-35-36-37-39-41-43-45-53(66)62-49(50(65)44-42-40-38-12-10-8-6-4-2)48-72-60-58(71)56(69)59(52(47-64)74-60)75-61-57(70)55(68)54(67)51(46-63)73-61/h5,7,10-13,15-16,18-19,21-22,24-25,27-28,42,44,49-52,54-61,63-65,67-71H,3-4,6,8-9,14,17,20,23,26,29-41,43,45-48H2,1-2H3,(H,62,66)/b7-5-,12-10+,13-11-,16-15-,19-18-,22-21-,25-24-,28-27-,44-42+. The molecule has 0 saturated carbocycles. The quantitative estimate of drug-likeness (QED) is 0.0205. The SMILES string of the molecule is CC/C=C\C/C=C\C/C=C\C/C=C\C/C=C\C/C=C\C/C=C\CCCCCCCCCCCCCC(=O)NC(COC1OC(CO)C(OC2OC(CO)C(O)C(O)C2O)C(O)C1O)C(O)/C=C/CC/C=C/CCCC. The molecule has 2 aliphatic heterocycles. The van der Waals surface area contributed by atoms with Gasteiger partial charge < -0.3 is 65.1 Å². The third kappa shape index (κ3) is 31.6. The Bertz CT molecular complexity index is 1670. The van der Waals surface area contributed by atoms with Gasteiger partial charge in [-0.1, -0.05) is 194 Å². The van der Waals surface area contributed by atoms with Gasteiger partial charge in [0.25, 0.3) is 0 Å². The molecule has 0 spiro atoms. The van der Waals surface area contributed by atoms with E-state index < -0.39 is 86.8 Å². The van der Waals surface area contributed by atoms with Crippen LogP contribution in [0.1, 0.15) is 174 Å². The second-order valence-corrected chi connectivity index (χ2v) is 19.7. The van der Waals surface area contributed by atoms with Gasteiger partial charge in [-0.15, -0.1) is 0 Å². The van der Waals surface area contributed by atoms with Gasteiger partial charge in [-0.05, 0) is 83.5 Å². The van der Waals surface area contributed by atoms with Crippen molar-refractivity contribution >= 4 is 5.91 Å². The minimum Gasteiger partial charge on any atom is -0.394 e. The van der Waals surface area contributed by atoms with E-state index in [1.54, 1.807) is 6.08 Å². The van der Waals surface area contributed by atoms with Crippen molar-refractivity contribution in [2.45, 2.75) is 248 Å². The molecule has 9 N–H and O–H groups in total. The maximum Gasteiger partial charge on any atom is 0.220 e. The highest BCUT2D eigenvalue weighted by molar-refractivity contribution is 5.76. The Morgan fingerprint density at radius 3 is 1.47 bits per heavy atom. The number of aliphatic hydroxyl groups is 8. The highest BCUT2D eigenvalue weighted by Crippen LogP contribution is 2.30. The summed E-state index contributed by atoms with van der Waals surface area (Å²) in [6, 6.07) is -0.937. The van der Waals surface area contributed by atoms with Gasteiger partial charge in [-0.3, -0.25) is 4.79 Å². The average molecular weight is 1060 g/mol. The van der Waals surface area contributed by atoms with Crippen molar-refractivity contribution < 1.29 is 64.6 Å². The summed E-state index contributed by atoms with van der Waals surface area (Å²) >= 11 is 0. The molecule has 2 fully saturated rings. The topological polar surface area (TPSA) is 228 Å². The Morgan fingerprint density at radius 1 is 0.493 bits per heavy atom. The first-order chi connectivity index (χ1) is 36.6. The zero-order valence-electron chi connectivity index (χ0n) is 45.7. The molecule has 0 bridgehead atoms. The molecular weight excluding hydrogens is 955 g/mol. The van der Waals surface area contributed by atoms with Crippen LogP contribution in [-0.2, 0) is 23.7 Å². The summed E-state index contributed by atoms with van der Waals surface area (Å²) in [6.07, 6.45) is 47.4. The fraction of sp³-hybridized carbons (Fsp3) is 0.689. The van der Waals surface area contributed by atoms with Gasteiger partial charge in [0.2, 0.25) is 5.91 Å². The van der Waals surface area contributed by atoms with Crippen molar-refractivity contribution in [3.8, 4) is 0 Å². The van der Waals surface area contributed by atoms with Crippen molar-refractivity contribution in [1.82, 2.24) is 5.32 Å². The van der Waals surface area contributed by atoms with Crippen LogP contribution in [0.5, 0.6) is 0 Å². The van der Waals surface area contributed by atoms with Crippen LogP contribution in [0.3, 0.4) is 0 Å². The molecule has 2 rings (SSSR count). The number of ether oxygens (including phenoxy) is 4. The van der Waals surface area contributed by atoms with E-state index in [2.05, 4.69) is 116 Å². The number of carbonyl (C=O) groups is 1. The van der Waals surface area contributed by atoms with Crippen LogP contribution in [0.15, 0.2) is 109 Å². The molecule has 2 aliphatic rings. The van der Waals surface area contributed by atoms with Gasteiger partial charge in [0.05, 0.1) is 32.0 Å². The average Bonchev–Trinajstić information content (AvgIpc) is 3.41. The lowest BCUT2D eigenvalue weighted by molar-refractivity contribution is -0.359. The number of carbonyl (C=O) groups excluding carboxylic acids is 1. The van der Waals surface area contributed by atoms with E-state index in [1.165, 1.54) is 44.9 Å². The lowest BCUT2D eigenvalue weighted by Crippen LogP contribution is -2.65. The number of aliphatic hydroxyl groups excluding tert-OH is 8. The first-order valence-corrected chi connectivity index (χ1v) is 28.6. The summed E-state index contributed by atoms with van der Waals surface area (Å²) < 4.78 is 22.6. The number of allylic oxidation sites excluding steroid dienone is 17. The molecule has 14 heteroatoms. The van der Waals surface area contributed by atoms with Crippen molar-refractivity contribution in [1.29, 1.82) is 0 Å². The first kappa shape index (κ1) is 67.8. The zero-order valence-corrected chi connectivity index (χ0v) is 45.7. The highest BCUT2D eigenvalue weighted by atomic mass is 16.7. The van der Waals surface area contributed by atoms with Gasteiger partial charge in [-0.2, -0.15) is 0 Å². The molecule has 0 aromatic heterocycles. The molecular formula is C61H101NO13. The van der Waals surface area contributed by atoms with E-state index in [1.807, 2.05) is 6.08 Å². The van der Waals surface area contributed by atoms with Crippen LogP contribution in [-0.4, -0.2) is 140 Å². The van der Waals surface area contributed by atoms with E-state index in [9.17, 15) is 45.6 Å². The van der Waals surface area contributed by atoms with Gasteiger partial charge in [0.15, 0.2) is 12.6 Å². The molecule has 1 amide bonds. The monoisotopic (exact) mass is 1060 g/mol. The van der Waals surface area contributed by atoms with Crippen molar-refractivity contribution in [2.75, 3.05) is 19.8 Å². The highest BCUT2D eigenvalue weighted by Gasteiger charge is 2.51. The molecule has 12 unspecified atom stereocenters. The number of hydrogen-bond acceptors (Lipinski definition) is 13. The summed E-state index contributed by atoms with van der Waals surface area (Å²) in [6.45, 7) is 2.55. The number of unbranched alkanes of at least 4 members (excludes halogenated alkanes) is 14. The van der Waals surface area contributed by atoms with Gasteiger partial charge >= 0.3 is 0 Å². The molecule has 0 aromatic carbocycles. The fourth-order valence-corrected chi connectivity index (χ4v) is 8.57. The van der Waals surface area contributed by atoms with E-state index in [0.717, 1.165) is 96.3 Å². The molecule has 2 saturated heterocycles. The second kappa shape index (κ2) is 45.6. The molecule has 0 aliphatic carbocycles. The van der Waals surface area contributed by atoms with Crippen molar-refractivity contribution in [2.24, 2.45) is 0 Å². The maximum atomic E-state index is 13.2. The van der Waals surface area contributed by atoms with Crippen LogP contribution in [0, 0.1) is 0 Å². The maximum absolute atomic E-state index is 13.2. The summed E-state index contributed by atoms with van der Waals surface area (Å²) in [4.78, 5) is 13.2. The number of nitrogens with one attached hydrogen (secondary N) is 1. The van der Waals surface area contributed by atoms with Crippen LogP contribution < -0.4 is 5.32 Å². The summed E-state index contributed by atoms with van der Waals surface area (Å²) in [5.74, 6) is -0.262. The Morgan fingerprint density at radius 2 is 0.933 bits per heavy atom. The normalized spacial score (nSPS) is 25.9. The number of amides is 1. The van der Waals surface area contributed by atoms with Crippen LogP contribution >= 0.6 is 0 Å². The molecule has 14 nitrogen and oxygen atoms in total. The van der Waals surface area contributed by atoms with Gasteiger partial charge in [0, 0.05) is 6.42 Å². The van der Waals surface area contributed by atoms with Crippen LogP contribution in [0.2, 0.25) is 0 Å². The predicted molar refractivity (Wildman–Crippen MR) is 299 cm³/mol. The molecule has 75 heavy (non-hydrogen) atoms. The third-order valence-corrected chi connectivity index (χ3v) is 13.2. The van der Waals surface area contributed by atoms with Crippen molar-refractivity contribution in [3.05, 3.63) is 109 Å². The molecule has 428 valence electrons. The largest absolute Gasteiger partial charge is 0.394 e. The third-order valence-electron chi connectivity index (χ3n) is 13.2. The smallest absolute Gasteiger partial charge is 0.220 e. The Kier molecular flexibility index (Phi) is 41.2. The van der Waals surface area contributed by atoms with E-state index in [0.29, 0.717) is 12.8 Å². The summed E-state index contributed by atoms with van der Waals surface area (Å²) in [7, 11) is 0. The number of rotatable bonds is 43. The van der Waals surface area contributed by atoms with E-state index in [4.69, 9.17) is 18.9 Å². The molecule has 0 aromatic rings. The minimum absolute atomic E-state index is 0.262. The van der Waals surface area contributed by atoms with Crippen molar-refractivity contribution in [3.63, 3.8) is 0 Å². The second-order valence-electron chi connectivity index (χ2n) is 19.7. The molecule has 2 heterocycles. The molecule has 12 atom stereocenters. The van der Waals surface area contributed by atoms with Crippen LogP contribution in [0.25, 0.3) is 0 Å². The first-order valence-electron chi connectivity index (χ1n) is 28.6. The predicted octanol–water partition coefficient (Wildman–Crippen LogP) is 9.27. The fourth-order valence-electron chi connectivity index (χ4n) is 8.57. The summed E-state index contributed by atoms with van der Waals surface area (Å²) in [5.41, 5.74) is 0. The molecule has 0 radical (unpaired) electrons. The van der Waals surface area contributed by atoms with Gasteiger partial charge in [0.1, 0.15) is 48.8 Å². The Labute approximate surface area is 451 Å².